The van der Waals surface area contributed by atoms with Gasteiger partial charge in [0.15, 0.2) is 0 Å². The summed E-state index contributed by atoms with van der Waals surface area (Å²) >= 11 is 0. The molecule has 8 heteroatoms. The van der Waals surface area contributed by atoms with Gasteiger partial charge in [-0.1, -0.05) is 0 Å². The lowest BCUT2D eigenvalue weighted by atomic mass is 10.3. The van der Waals surface area contributed by atoms with Gasteiger partial charge in [-0.25, -0.2) is 14.6 Å². The minimum atomic E-state index is -1.08. The summed E-state index contributed by atoms with van der Waals surface area (Å²) in [5, 5.41) is 0. The average molecular weight is 277 g/mol. The lowest BCUT2D eigenvalue weighted by molar-refractivity contribution is -0.140. The predicted octanol–water partition coefficient (Wildman–Crippen LogP) is -0.524. The third kappa shape index (κ3) is 2.18. The molecule has 1 aliphatic rings. The number of hydrogen-bond acceptors (Lipinski definition) is 5. The number of rotatable bonds is 4. The summed E-state index contributed by atoms with van der Waals surface area (Å²) in [4.78, 5) is 47.4. The van der Waals surface area contributed by atoms with E-state index in [1.54, 1.807) is 0 Å². The number of nitrogens with two attached hydrogens (primary N) is 1. The van der Waals surface area contributed by atoms with Gasteiger partial charge in [0.1, 0.15) is 12.3 Å². The minimum Gasteiger partial charge on any atom is -0.497 e. The number of hydrogen-bond donors (Lipinski definition) is 1. The van der Waals surface area contributed by atoms with Gasteiger partial charge in [0, 0.05) is 0 Å². The molecule has 1 fully saturated rings. The average Bonchev–Trinajstić information content (AvgIpc) is 2.63. The van der Waals surface area contributed by atoms with E-state index in [1.807, 2.05) is 0 Å². The van der Waals surface area contributed by atoms with Crippen LogP contribution in [0.15, 0.2) is 24.3 Å². The first-order valence-electron chi connectivity index (χ1n) is 5.58. The minimum absolute atomic E-state index is 0.209. The molecule has 2 rings (SSSR count). The van der Waals surface area contributed by atoms with Gasteiger partial charge in [-0.05, 0) is 24.3 Å². The molecule has 5 amide bonds. The Morgan fingerprint density at radius 2 is 1.75 bits per heavy atom. The van der Waals surface area contributed by atoms with Crippen LogP contribution < -0.4 is 15.4 Å². The van der Waals surface area contributed by atoms with E-state index in [0.717, 1.165) is 0 Å². The molecule has 1 aliphatic heterocycles. The number of carbonyl (C=O) groups excluding carboxylic acids is 4. The summed E-state index contributed by atoms with van der Waals surface area (Å²) in [5.41, 5.74) is 5.14. The van der Waals surface area contributed by atoms with Crippen LogP contribution in [0.3, 0.4) is 0 Å². The van der Waals surface area contributed by atoms with Crippen LogP contribution >= 0.6 is 0 Å². The molecule has 0 aromatic heterocycles. The standard InChI is InChI=1S/C12H11N3O5/c1-20-8-4-2-7(3-5-8)15-11(18)10(17)14(12(15)19)6-9(13)16/h2-5H,6H2,1H3,(H2,13,16). The zero-order valence-corrected chi connectivity index (χ0v) is 10.5. The maximum Gasteiger partial charge on any atom is 0.339 e. The zero-order chi connectivity index (χ0) is 14.9. The normalized spacial score (nSPS) is 14.9. The van der Waals surface area contributed by atoms with Crippen molar-refractivity contribution in [3.8, 4) is 5.75 Å². The molecule has 8 nitrogen and oxygen atoms in total. The molecule has 1 saturated heterocycles. The first kappa shape index (κ1) is 13.5. The highest BCUT2D eigenvalue weighted by Crippen LogP contribution is 2.24. The number of nitrogens with zero attached hydrogens (tertiary/aromatic N) is 2. The van der Waals surface area contributed by atoms with Crippen LogP contribution in [0, 0.1) is 0 Å². The Kier molecular flexibility index (Phi) is 3.38. The lowest BCUT2D eigenvalue weighted by Crippen LogP contribution is -2.39. The first-order chi connectivity index (χ1) is 9.45. The van der Waals surface area contributed by atoms with Crippen molar-refractivity contribution in [2.24, 2.45) is 5.73 Å². The number of methoxy groups -OCH3 is 1. The van der Waals surface area contributed by atoms with Gasteiger partial charge in [0.25, 0.3) is 0 Å². The van der Waals surface area contributed by atoms with E-state index in [-0.39, 0.29) is 5.69 Å². The quantitative estimate of drug-likeness (QED) is 0.588. The number of benzene rings is 1. The van der Waals surface area contributed by atoms with Crippen molar-refractivity contribution in [2.45, 2.75) is 0 Å². The van der Waals surface area contributed by atoms with Crippen molar-refractivity contribution in [3.63, 3.8) is 0 Å². The summed E-state index contributed by atoms with van der Waals surface area (Å²) in [6.45, 7) is -0.629. The molecule has 1 heterocycles. The SMILES string of the molecule is COc1ccc(N2C(=O)C(=O)N(CC(N)=O)C2=O)cc1. The van der Waals surface area contributed by atoms with E-state index in [1.165, 1.54) is 31.4 Å². The number of ether oxygens (including phenoxy) is 1. The highest BCUT2D eigenvalue weighted by Gasteiger charge is 2.45. The van der Waals surface area contributed by atoms with Crippen molar-refractivity contribution in [1.29, 1.82) is 0 Å². The Bertz CT molecular complexity index is 596. The molecule has 0 spiro atoms. The number of imide groups is 2. The number of anilines is 1. The van der Waals surface area contributed by atoms with E-state index in [0.29, 0.717) is 15.5 Å². The van der Waals surface area contributed by atoms with Gasteiger partial charge in [-0.3, -0.25) is 14.4 Å². The van der Waals surface area contributed by atoms with Crippen LogP contribution in [-0.2, 0) is 14.4 Å². The molecule has 20 heavy (non-hydrogen) atoms. The fourth-order valence-electron chi connectivity index (χ4n) is 1.76. The monoisotopic (exact) mass is 277 g/mol. The van der Waals surface area contributed by atoms with Crippen LogP contribution in [0.4, 0.5) is 10.5 Å². The van der Waals surface area contributed by atoms with E-state index in [2.05, 4.69) is 0 Å². The number of urea groups is 1. The summed E-state index contributed by atoms with van der Waals surface area (Å²) < 4.78 is 4.95. The Balaban J connectivity index is 2.32. The molecule has 1 aromatic rings. The van der Waals surface area contributed by atoms with Gasteiger partial charge < -0.3 is 10.5 Å². The number of amides is 5. The number of primary amides is 1. The van der Waals surface area contributed by atoms with E-state index in [9.17, 15) is 19.2 Å². The smallest absolute Gasteiger partial charge is 0.339 e. The highest BCUT2D eigenvalue weighted by atomic mass is 16.5. The Morgan fingerprint density at radius 3 is 2.25 bits per heavy atom. The molecule has 0 saturated carbocycles. The summed E-state index contributed by atoms with van der Waals surface area (Å²) in [7, 11) is 1.47. The van der Waals surface area contributed by atoms with Gasteiger partial charge in [0.2, 0.25) is 5.91 Å². The van der Waals surface area contributed by atoms with Crippen molar-refractivity contribution in [3.05, 3.63) is 24.3 Å². The third-order valence-corrected chi connectivity index (χ3v) is 2.70. The third-order valence-electron chi connectivity index (χ3n) is 2.70. The summed E-state index contributed by atoms with van der Waals surface area (Å²) in [5.74, 6) is -2.45. The zero-order valence-electron chi connectivity index (χ0n) is 10.5. The van der Waals surface area contributed by atoms with Crippen LogP contribution in [0.1, 0.15) is 0 Å². The fraction of sp³-hybridized carbons (Fsp3) is 0.167. The number of carbonyl (C=O) groups is 4. The van der Waals surface area contributed by atoms with Gasteiger partial charge in [-0.2, -0.15) is 0 Å². The summed E-state index contributed by atoms with van der Waals surface area (Å²) in [6.07, 6.45) is 0. The largest absolute Gasteiger partial charge is 0.497 e. The Labute approximate surface area is 113 Å². The second-order valence-corrected chi connectivity index (χ2v) is 3.98. The molecule has 0 atom stereocenters. The van der Waals surface area contributed by atoms with Crippen molar-refractivity contribution >= 4 is 29.4 Å². The topological polar surface area (TPSA) is 110 Å². The van der Waals surface area contributed by atoms with Crippen molar-refractivity contribution in [1.82, 2.24) is 4.90 Å². The van der Waals surface area contributed by atoms with Gasteiger partial charge in [-0.15, -0.1) is 0 Å². The Morgan fingerprint density at radius 1 is 1.15 bits per heavy atom. The maximum atomic E-state index is 12.0. The molecule has 1 aromatic carbocycles. The maximum absolute atomic E-state index is 12.0. The second-order valence-electron chi connectivity index (χ2n) is 3.98. The lowest BCUT2D eigenvalue weighted by Gasteiger charge is -2.14. The molecule has 0 unspecified atom stereocenters. The van der Waals surface area contributed by atoms with Crippen LogP contribution in [0.2, 0.25) is 0 Å². The molecule has 2 N–H and O–H groups in total. The van der Waals surface area contributed by atoms with Crippen LogP contribution in [0.5, 0.6) is 5.75 Å². The van der Waals surface area contributed by atoms with E-state index >= 15 is 0 Å². The van der Waals surface area contributed by atoms with Crippen LogP contribution in [0.25, 0.3) is 0 Å². The second kappa shape index (κ2) is 5.00. The molecule has 0 aliphatic carbocycles. The Hall–Kier alpha value is -2.90. The first-order valence-corrected chi connectivity index (χ1v) is 5.58. The van der Waals surface area contributed by atoms with Gasteiger partial charge >= 0.3 is 17.8 Å². The van der Waals surface area contributed by atoms with E-state index in [4.69, 9.17) is 10.5 Å². The summed E-state index contributed by atoms with van der Waals surface area (Å²) in [6, 6.07) is 5.09. The van der Waals surface area contributed by atoms with E-state index < -0.39 is 30.3 Å². The molecule has 0 radical (unpaired) electrons. The van der Waals surface area contributed by atoms with Gasteiger partial charge in [0.05, 0.1) is 12.8 Å². The fourth-order valence-corrected chi connectivity index (χ4v) is 1.76. The highest BCUT2D eigenvalue weighted by molar-refractivity contribution is 6.53. The van der Waals surface area contributed by atoms with Crippen molar-refractivity contribution < 1.29 is 23.9 Å². The predicted molar refractivity (Wildman–Crippen MR) is 66.8 cm³/mol. The van der Waals surface area contributed by atoms with Crippen molar-refractivity contribution in [2.75, 3.05) is 18.6 Å². The molecule has 0 bridgehead atoms. The van der Waals surface area contributed by atoms with Crippen LogP contribution in [-0.4, -0.2) is 42.3 Å². The molecular weight excluding hydrogens is 266 g/mol. The molecular formula is C12H11N3O5. The molecule has 104 valence electrons.